The Hall–Kier alpha value is -2.62. The van der Waals surface area contributed by atoms with Gasteiger partial charge in [0.05, 0.1) is 0 Å². The van der Waals surface area contributed by atoms with Crippen LogP contribution in [0.1, 0.15) is 33.6 Å². The fourth-order valence-corrected chi connectivity index (χ4v) is 2.90. The Morgan fingerprint density at radius 3 is 2.17 bits per heavy atom. The quantitative estimate of drug-likeness (QED) is 0.948. The largest absolute Gasteiger partial charge is 0.348 e. The first-order valence-corrected chi connectivity index (χ1v) is 7.94. The fourth-order valence-electron chi connectivity index (χ4n) is 2.90. The Labute approximate surface area is 136 Å². The molecule has 1 fully saturated rings. The summed E-state index contributed by atoms with van der Waals surface area (Å²) in [5.41, 5.74) is 1.35. The lowest BCUT2D eigenvalue weighted by Gasteiger charge is -2.33. The number of rotatable bonds is 3. The summed E-state index contributed by atoms with van der Waals surface area (Å²) >= 11 is 0. The number of benzene rings is 2. The Kier molecular flexibility index (Phi) is 4.71. The van der Waals surface area contributed by atoms with Gasteiger partial charge in [-0.25, -0.2) is 0 Å². The summed E-state index contributed by atoms with van der Waals surface area (Å²) in [5.74, 6) is -0.0473. The topological polar surface area (TPSA) is 49.4 Å². The molecule has 1 heterocycles. The Balaban J connectivity index is 1.62. The van der Waals surface area contributed by atoms with Crippen LogP contribution < -0.4 is 5.32 Å². The SMILES string of the molecule is O=C(N[C@@H]1CCCN(C(=O)c2ccccc2)C1)c1ccccc1. The molecule has 1 saturated heterocycles. The lowest BCUT2D eigenvalue weighted by atomic mass is 10.0. The second-order valence-electron chi connectivity index (χ2n) is 5.80. The van der Waals surface area contributed by atoms with E-state index in [2.05, 4.69) is 5.32 Å². The molecular formula is C19H20N2O2. The molecule has 2 amide bonds. The molecule has 0 unspecified atom stereocenters. The van der Waals surface area contributed by atoms with Crippen molar-refractivity contribution < 1.29 is 9.59 Å². The highest BCUT2D eigenvalue weighted by molar-refractivity contribution is 5.95. The lowest BCUT2D eigenvalue weighted by Crippen LogP contribution is -2.49. The van der Waals surface area contributed by atoms with Crippen molar-refractivity contribution in [3.05, 3.63) is 71.8 Å². The molecule has 4 heteroatoms. The van der Waals surface area contributed by atoms with Crippen LogP contribution >= 0.6 is 0 Å². The number of piperidine rings is 1. The van der Waals surface area contributed by atoms with Crippen molar-refractivity contribution in [3.8, 4) is 0 Å². The van der Waals surface area contributed by atoms with E-state index in [4.69, 9.17) is 0 Å². The first-order valence-electron chi connectivity index (χ1n) is 7.94. The summed E-state index contributed by atoms with van der Waals surface area (Å²) in [6.45, 7) is 1.30. The second kappa shape index (κ2) is 7.09. The van der Waals surface area contributed by atoms with E-state index in [1.807, 2.05) is 53.4 Å². The third kappa shape index (κ3) is 3.77. The maximum absolute atomic E-state index is 12.5. The molecule has 0 aliphatic carbocycles. The highest BCUT2D eigenvalue weighted by Crippen LogP contribution is 2.14. The van der Waals surface area contributed by atoms with E-state index < -0.39 is 0 Å². The van der Waals surface area contributed by atoms with Crippen LogP contribution in [0.3, 0.4) is 0 Å². The van der Waals surface area contributed by atoms with Crippen molar-refractivity contribution in [3.63, 3.8) is 0 Å². The molecule has 1 atom stereocenters. The minimum atomic E-state index is -0.0791. The van der Waals surface area contributed by atoms with E-state index in [1.54, 1.807) is 12.1 Å². The summed E-state index contributed by atoms with van der Waals surface area (Å²) in [4.78, 5) is 26.6. The molecule has 0 radical (unpaired) electrons. The summed E-state index contributed by atoms with van der Waals surface area (Å²) in [6, 6.07) is 18.5. The van der Waals surface area contributed by atoms with Crippen molar-refractivity contribution in [2.24, 2.45) is 0 Å². The molecule has 23 heavy (non-hydrogen) atoms. The van der Waals surface area contributed by atoms with Crippen molar-refractivity contribution in [1.29, 1.82) is 0 Å². The molecule has 1 aliphatic rings. The van der Waals surface area contributed by atoms with Crippen LogP contribution in [-0.4, -0.2) is 35.8 Å². The second-order valence-corrected chi connectivity index (χ2v) is 5.80. The third-order valence-corrected chi connectivity index (χ3v) is 4.10. The molecule has 2 aromatic carbocycles. The van der Waals surface area contributed by atoms with Gasteiger partial charge >= 0.3 is 0 Å². The number of nitrogens with one attached hydrogen (secondary N) is 1. The number of likely N-dealkylation sites (tertiary alicyclic amines) is 1. The standard InChI is InChI=1S/C19H20N2O2/c22-18(15-8-3-1-4-9-15)20-17-12-7-13-21(14-17)19(23)16-10-5-2-6-11-16/h1-6,8-11,17H,7,12-14H2,(H,20,22)/t17-/m1/s1. The van der Waals surface area contributed by atoms with E-state index >= 15 is 0 Å². The first kappa shape index (κ1) is 15.3. The van der Waals surface area contributed by atoms with Gasteiger partial charge in [-0.05, 0) is 37.1 Å². The van der Waals surface area contributed by atoms with Gasteiger partial charge in [0, 0.05) is 30.3 Å². The van der Waals surface area contributed by atoms with Crippen LogP contribution in [0.4, 0.5) is 0 Å². The van der Waals surface area contributed by atoms with Crippen LogP contribution in [0, 0.1) is 0 Å². The monoisotopic (exact) mass is 308 g/mol. The van der Waals surface area contributed by atoms with Gasteiger partial charge < -0.3 is 10.2 Å². The average molecular weight is 308 g/mol. The van der Waals surface area contributed by atoms with Gasteiger partial charge in [-0.3, -0.25) is 9.59 Å². The summed E-state index contributed by atoms with van der Waals surface area (Å²) in [6.07, 6.45) is 1.80. The third-order valence-electron chi connectivity index (χ3n) is 4.10. The summed E-state index contributed by atoms with van der Waals surface area (Å²) in [7, 11) is 0. The number of carbonyl (C=O) groups is 2. The van der Waals surface area contributed by atoms with E-state index in [0.717, 1.165) is 19.4 Å². The number of hydrogen-bond acceptors (Lipinski definition) is 2. The zero-order valence-electron chi connectivity index (χ0n) is 12.9. The molecule has 1 N–H and O–H groups in total. The van der Waals surface area contributed by atoms with Crippen molar-refractivity contribution in [2.75, 3.05) is 13.1 Å². The van der Waals surface area contributed by atoms with Crippen LogP contribution in [0.15, 0.2) is 60.7 Å². The van der Waals surface area contributed by atoms with E-state index in [1.165, 1.54) is 0 Å². The van der Waals surface area contributed by atoms with Gasteiger partial charge in [-0.15, -0.1) is 0 Å². The Bertz CT molecular complexity index is 670. The number of nitrogens with zero attached hydrogens (tertiary/aromatic N) is 1. The minimum Gasteiger partial charge on any atom is -0.348 e. The first-order chi connectivity index (χ1) is 11.2. The zero-order valence-corrected chi connectivity index (χ0v) is 12.9. The molecular weight excluding hydrogens is 288 g/mol. The smallest absolute Gasteiger partial charge is 0.253 e. The molecule has 0 spiro atoms. The van der Waals surface area contributed by atoms with Crippen LogP contribution in [0.25, 0.3) is 0 Å². The van der Waals surface area contributed by atoms with Gasteiger partial charge in [-0.1, -0.05) is 36.4 Å². The van der Waals surface area contributed by atoms with E-state index in [-0.39, 0.29) is 17.9 Å². The van der Waals surface area contributed by atoms with Crippen LogP contribution in [-0.2, 0) is 0 Å². The molecule has 0 saturated carbocycles. The van der Waals surface area contributed by atoms with Gasteiger partial charge in [-0.2, -0.15) is 0 Å². The molecule has 0 aromatic heterocycles. The van der Waals surface area contributed by atoms with Crippen LogP contribution in [0.2, 0.25) is 0 Å². The molecule has 2 aromatic rings. The average Bonchev–Trinajstić information content (AvgIpc) is 2.63. The molecule has 118 valence electrons. The highest BCUT2D eigenvalue weighted by Gasteiger charge is 2.25. The molecule has 3 rings (SSSR count). The zero-order chi connectivity index (χ0) is 16.1. The fraction of sp³-hybridized carbons (Fsp3) is 0.263. The van der Waals surface area contributed by atoms with Crippen molar-refractivity contribution in [2.45, 2.75) is 18.9 Å². The molecule has 4 nitrogen and oxygen atoms in total. The van der Waals surface area contributed by atoms with Gasteiger partial charge in [0.25, 0.3) is 11.8 Å². The van der Waals surface area contributed by atoms with E-state index in [9.17, 15) is 9.59 Å². The molecule has 1 aliphatic heterocycles. The van der Waals surface area contributed by atoms with Gasteiger partial charge in [0.1, 0.15) is 0 Å². The predicted molar refractivity (Wildman–Crippen MR) is 89.3 cm³/mol. The van der Waals surface area contributed by atoms with Gasteiger partial charge in [0.2, 0.25) is 0 Å². The summed E-state index contributed by atoms with van der Waals surface area (Å²) < 4.78 is 0. The minimum absolute atomic E-state index is 0.00381. The van der Waals surface area contributed by atoms with Crippen molar-refractivity contribution in [1.82, 2.24) is 10.2 Å². The lowest BCUT2D eigenvalue weighted by molar-refractivity contribution is 0.0676. The number of carbonyl (C=O) groups excluding carboxylic acids is 2. The van der Waals surface area contributed by atoms with E-state index in [0.29, 0.717) is 17.7 Å². The number of amides is 2. The Morgan fingerprint density at radius 2 is 1.52 bits per heavy atom. The maximum atomic E-state index is 12.5. The van der Waals surface area contributed by atoms with Crippen LogP contribution in [0.5, 0.6) is 0 Å². The Morgan fingerprint density at radius 1 is 0.913 bits per heavy atom. The van der Waals surface area contributed by atoms with Crippen molar-refractivity contribution >= 4 is 11.8 Å². The normalized spacial score (nSPS) is 17.6. The van der Waals surface area contributed by atoms with Gasteiger partial charge in [0.15, 0.2) is 0 Å². The number of hydrogen-bond donors (Lipinski definition) is 1. The molecule has 0 bridgehead atoms. The maximum Gasteiger partial charge on any atom is 0.253 e. The summed E-state index contributed by atoms with van der Waals surface area (Å²) in [5, 5.41) is 3.04. The predicted octanol–water partition coefficient (Wildman–Crippen LogP) is 2.72. The highest BCUT2D eigenvalue weighted by atomic mass is 16.2.